The average Bonchev–Trinajstić information content (AvgIpc) is 2.72. The van der Waals surface area contributed by atoms with Crippen molar-refractivity contribution in [3.8, 4) is 0 Å². The van der Waals surface area contributed by atoms with Crippen LogP contribution in [0.2, 0.25) is 0 Å². The molecule has 0 aromatic heterocycles. The Morgan fingerprint density at radius 3 is 2.47 bits per heavy atom. The van der Waals surface area contributed by atoms with Crippen LogP contribution in [-0.4, -0.2) is 70.8 Å². The van der Waals surface area contributed by atoms with E-state index >= 15 is 0 Å². The Balaban J connectivity index is 1.86. The molecular weight excluding hydrogens is 512 g/mol. The first-order valence-electron chi connectivity index (χ1n) is 10.9. The standard InChI is InChI=1S/C22H28N4O8S2/c1-11-9-14(20(29)30)26-18(28)16(19(26)35-11)23-17(27)15(24-21(31)34-22(2,3)4)12-7-6-8-13(10-12)25-36(5,32)33/h6-11,15-16,19,25H,1-5H3,(H,23,27)(H,24,31)(H,29,30)/t11?,15?,16?,19-/m1/s1. The molecule has 0 spiro atoms. The van der Waals surface area contributed by atoms with Crippen LogP contribution < -0.4 is 15.4 Å². The molecule has 12 nitrogen and oxygen atoms in total. The smallest absolute Gasteiger partial charge is 0.408 e. The van der Waals surface area contributed by atoms with Crippen molar-refractivity contribution in [2.24, 2.45) is 0 Å². The largest absolute Gasteiger partial charge is 0.477 e. The Bertz CT molecular complexity index is 1220. The molecule has 1 aromatic rings. The third kappa shape index (κ3) is 6.49. The highest BCUT2D eigenvalue weighted by Crippen LogP contribution is 2.41. The second kappa shape index (κ2) is 10.0. The van der Waals surface area contributed by atoms with Crippen LogP contribution in [0.1, 0.15) is 39.3 Å². The first kappa shape index (κ1) is 27.3. The van der Waals surface area contributed by atoms with Gasteiger partial charge in [-0.15, -0.1) is 11.8 Å². The van der Waals surface area contributed by atoms with Gasteiger partial charge in [0, 0.05) is 10.9 Å². The lowest BCUT2D eigenvalue weighted by atomic mass is 10.0. The number of sulfonamides is 1. The first-order chi connectivity index (χ1) is 16.6. The molecule has 2 heterocycles. The van der Waals surface area contributed by atoms with Gasteiger partial charge in [-0.2, -0.15) is 0 Å². The Kier molecular flexibility index (Phi) is 7.60. The van der Waals surface area contributed by atoms with Crippen LogP contribution in [0.15, 0.2) is 36.0 Å². The number of rotatable bonds is 7. The van der Waals surface area contributed by atoms with Crippen molar-refractivity contribution in [3.05, 3.63) is 41.6 Å². The van der Waals surface area contributed by atoms with E-state index < -0.39 is 57.0 Å². The molecule has 1 fully saturated rings. The van der Waals surface area contributed by atoms with Crippen molar-refractivity contribution >= 4 is 51.3 Å². The zero-order chi connectivity index (χ0) is 27.0. The van der Waals surface area contributed by atoms with E-state index in [4.69, 9.17) is 4.74 Å². The molecular formula is C22H28N4O8S2. The predicted octanol–water partition coefficient (Wildman–Crippen LogP) is 1.38. The van der Waals surface area contributed by atoms with Crippen LogP contribution >= 0.6 is 11.8 Å². The summed E-state index contributed by atoms with van der Waals surface area (Å²) < 4.78 is 30.9. The van der Waals surface area contributed by atoms with Gasteiger partial charge in [-0.05, 0) is 51.5 Å². The molecule has 0 saturated carbocycles. The molecule has 2 aliphatic rings. The Labute approximate surface area is 212 Å². The number of β-lactam (4-membered cyclic amide) rings is 1. The van der Waals surface area contributed by atoms with Crippen molar-refractivity contribution < 1.29 is 37.4 Å². The lowest BCUT2D eigenvalue weighted by Crippen LogP contribution is -2.71. The zero-order valence-corrected chi connectivity index (χ0v) is 21.9. The van der Waals surface area contributed by atoms with Crippen molar-refractivity contribution in [3.63, 3.8) is 0 Å². The zero-order valence-electron chi connectivity index (χ0n) is 20.3. The summed E-state index contributed by atoms with van der Waals surface area (Å²) in [6, 6.07) is 3.49. The van der Waals surface area contributed by atoms with E-state index in [1.54, 1.807) is 27.7 Å². The fourth-order valence-corrected chi connectivity index (χ4v) is 5.57. The molecule has 3 rings (SSSR count). The highest BCUT2D eigenvalue weighted by Gasteiger charge is 2.54. The van der Waals surface area contributed by atoms with Crippen LogP contribution in [0.4, 0.5) is 10.5 Å². The number of nitrogens with one attached hydrogen (secondary N) is 3. The molecule has 36 heavy (non-hydrogen) atoms. The number of carbonyl (C=O) groups excluding carboxylic acids is 3. The van der Waals surface area contributed by atoms with Crippen LogP contribution in [-0.2, 0) is 29.1 Å². The molecule has 1 aromatic carbocycles. The molecule has 196 valence electrons. The molecule has 0 aliphatic carbocycles. The van der Waals surface area contributed by atoms with Crippen LogP contribution in [0.25, 0.3) is 0 Å². The predicted molar refractivity (Wildman–Crippen MR) is 132 cm³/mol. The molecule has 0 radical (unpaired) electrons. The second-order valence-corrected chi connectivity index (χ2v) is 12.6. The van der Waals surface area contributed by atoms with E-state index in [9.17, 15) is 32.7 Å². The summed E-state index contributed by atoms with van der Waals surface area (Å²) >= 11 is 1.31. The number of ether oxygens (including phenoxy) is 1. The summed E-state index contributed by atoms with van der Waals surface area (Å²) in [5.41, 5.74) is -0.613. The molecule has 3 amide bonds. The number of aliphatic carboxylic acids is 1. The number of amides is 3. The van der Waals surface area contributed by atoms with Gasteiger partial charge in [-0.25, -0.2) is 18.0 Å². The molecule has 3 unspecified atom stereocenters. The number of carbonyl (C=O) groups is 4. The van der Waals surface area contributed by atoms with Gasteiger partial charge in [0.1, 0.15) is 28.8 Å². The van der Waals surface area contributed by atoms with Crippen LogP contribution in [0.5, 0.6) is 0 Å². The minimum atomic E-state index is -3.61. The number of hydrogen-bond acceptors (Lipinski definition) is 8. The lowest BCUT2D eigenvalue weighted by Gasteiger charge is -2.49. The number of alkyl carbamates (subject to hydrolysis) is 1. The molecule has 4 atom stereocenters. The van der Waals surface area contributed by atoms with E-state index in [-0.39, 0.29) is 22.2 Å². The third-order valence-electron chi connectivity index (χ3n) is 5.01. The van der Waals surface area contributed by atoms with Gasteiger partial charge in [0.15, 0.2) is 0 Å². The number of nitrogens with zero attached hydrogens (tertiary/aromatic N) is 1. The van der Waals surface area contributed by atoms with Gasteiger partial charge < -0.3 is 20.5 Å². The van der Waals surface area contributed by atoms with Crippen molar-refractivity contribution in [2.75, 3.05) is 11.0 Å². The Morgan fingerprint density at radius 2 is 1.89 bits per heavy atom. The van der Waals surface area contributed by atoms with Crippen LogP contribution in [0, 0.1) is 0 Å². The van der Waals surface area contributed by atoms with Crippen molar-refractivity contribution in [1.29, 1.82) is 0 Å². The molecule has 4 N–H and O–H groups in total. The average molecular weight is 541 g/mol. The number of benzene rings is 1. The normalized spacial score (nSPS) is 22.4. The summed E-state index contributed by atoms with van der Waals surface area (Å²) in [5.74, 6) is -2.59. The van der Waals surface area contributed by atoms with E-state index in [2.05, 4.69) is 15.4 Å². The summed E-state index contributed by atoms with van der Waals surface area (Å²) in [4.78, 5) is 51.2. The number of carboxylic acid groups (broad SMARTS) is 1. The topological polar surface area (TPSA) is 171 Å². The number of thioether (sulfide) groups is 1. The highest BCUT2D eigenvalue weighted by molar-refractivity contribution is 8.00. The minimum Gasteiger partial charge on any atom is -0.477 e. The SMILES string of the molecule is CC1C=C(C(=O)O)N2C(=O)C(NC(=O)C(NC(=O)OC(C)(C)C)c3cccc(NS(C)(=O)=O)c3)[C@H]2S1. The summed E-state index contributed by atoms with van der Waals surface area (Å²) in [6.07, 6.45) is 1.54. The first-order valence-corrected chi connectivity index (χ1v) is 13.7. The maximum absolute atomic E-state index is 13.3. The number of hydrogen-bond donors (Lipinski definition) is 4. The van der Waals surface area contributed by atoms with Gasteiger partial charge in [0.2, 0.25) is 15.9 Å². The van der Waals surface area contributed by atoms with Crippen molar-refractivity contribution in [1.82, 2.24) is 15.5 Å². The Morgan fingerprint density at radius 1 is 1.22 bits per heavy atom. The third-order valence-corrected chi connectivity index (χ3v) is 6.95. The maximum atomic E-state index is 13.3. The summed E-state index contributed by atoms with van der Waals surface area (Å²) in [5, 5.41) is 13.7. The fourth-order valence-electron chi connectivity index (χ4n) is 3.69. The quantitative estimate of drug-likeness (QED) is 0.373. The van der Waals surface area contributed by atoms with Crippen molar-refractivity contribution in [2.45, 2.75) is 56.0 Å². The maximum Gasteiger partial charge on any atom is 0.408 e. The summed E-state index contributed by atoms with van der Waals surface area (Å²) in [6.45, 7) is 6.72. The number of anilines is 1. The van der Waals surface area contributed by atoms with Gasteiger partial charge in [0.25, 0.3) is 5.91 Å². The lowest BCUT2D eigenvalue weighted by molar-refractivity contribution is -0.150. The van der Waals surface area contributed by atoms with Gasteiger partial charge in [0.05, 0.1) is 6.26 Å². The number of carboxylic acids is 1. The summed E-state index contributed by atoms with van der Waals surface area (Å²) in [7, 11) is -3.61. The van der Waals surface area contributed by atoms with Gasteiger partial charge in [-0.3, -0.25) is 19.2 Å². The van der Waals surface area contributed by atoms with E-state index in [1.807, 2.05) is 0 Å². The molecule has 1 saturated heterocycles. The molecule has 2 aliphatic heterocycles. The van der Waals surface area contributed by atoms with E-state index in [0.717, 1.165) is 11.2 Å². The number of fused-ring (bicyclic) bond motifs is 1. The Hall–Kier alpha value is -3.26. The van der Waals surface area contributed by atoms with E-state index in [0.29, 0.717) is 0 Å². The highest BCUT2D eigenvalue weighted by atomic mass is 32.2. The van der Waals surface area contributed by atoms with E-state index in [1.165, 1.54) is 42.1 Å². The molecule has 0 bridgehead atoms. The second-order valence-electron chi connectivity index (χ2n) is 9.36. The minimum absolute atomic E-state index is 0.148. The fraction of sp³-hybridized carbons (Fsp3) is 0.455. The monoisotopic (exact) mass is 540 g/mol. The van der Waals surface area contributed by atoms with Gasteiger partial charge >= 0.3 is 12.1 Å². The molecule has 14 heteroatoms. The van der Waals surface area contributed by atoms with Crippen LogP contribution in [0.3, 0.4) is 0 Å². The van der Waals surface area contributed by atoms with Gasteiger partial charge in [-0.1, -0.05) is 12.1 Å².